The first-order chi connectivity index (χ1) is 8.34. The molecule has 1 N–H and O–H groups in total. The first-order valence-electron chi connectivity index (χ1n) is 6.12. The predicted octanol–water partition coefficient (Wildman–Crippen LogP) is 2.10. The molecule has 2 aliphatic heterocycles. The number of halogens is 1. The van der Waals surface area contributed by atoms with Crippen molar-refractivity contribution in [2.75, 3.05) is 19.9 Å². The summed E-state index contributed by atoms with van der Waals surface area (Å²) >= 11 is 0. The van der Waals surface area contributed by atoms with Gasteiger partial charge in [0.25, 0.3) is 0 Å². The molecule has 2 aliphatic rings. The number of piperidine rings is 1. The van der Waals surface area contributed by atoms with Crippen molar-refractivity contribution in [3.8, 4) is 11.5 Å². The van der Waals surface area contributed by atoms with E-state index in [1.165, 1.54) is 18.9 Å². The van der Waals surface area contributed by atoms with Crippen LogP contribution >= 0.6 is 0 Å². The molecule has 0 spiro atoms. The van der Waals surface area contributed by atoms with Crippen LogP contribution in [0.25, 0.3) is 0 Å². The molecular weight excluding hydrogens is 221 g/mol. The summed E-state index contributed by atoms with van der Waals surface area (Å²) in [4.78, 5) is 0. The van der Waals surface area contributed by atoms with Crippen molar-refractivity contribution in [3.63, 3.8) is 0 Å². The Hall–Kier alpha value is -1.29. The van der Waals surface area contributed by atoms with Gasteiger partial charge in [0.1, 0.15) is 0 Å². The number of hydrogen-bond donors (Lipinski definition) is 1. The molecule has 1 aromatic rings. The smallest absolute Gasteiger partial charge is 0.231 e. The fraction of sp³-hybridized carbons (Fsp3) is 0.538. The zero-order valence-electron chi connectivity index (χ0n) is 9.67. The lowest BCUT2D eigenvalue weighted by atomic mass is 9.90. The molecule has 2 heterocycles. The largest absolute Gasteiger partial charge is 0.453 e. The second-order valence-corrected chi connectivity index (χ2v) is 4.67. The molecule has 0 aromatic heterocycles. The number of nitrogens with one attached hydrogen (secondary N) is 1. The Morgan fingerprint density at radius 1 is 1.18 bits per heavy atom. The van der Waals surface area contributed by atoms with Gasteiger partial charge in [-0.25, -0.2) is 4.39 Å². The molecule has 0 bridgehead atoms. The van der Waals surface area contributed by atoms with Gasteiger partial charge in [-0.2, -0.15) is 0 Å². The highest BCUT2D eigenvalue weighted by molar-refractivity contribution is 5.49. The third-order valence-corrected chi connectivity index (χ3v) is 3.52. The van der Waals surface area contributed by atoms with Crippen molar-refractivity contribution in [1.29, 1.82) is 0 Å². The van der Waals surface area contributed by atoms with E-state index in [0.29, 0.717) is 11.7 Å². The maximum Gasteiger partial charge on any atom is 0.231 e. The predicted molar refractivity (Wildman–Crippen MR) is 61.8 cm³/mol. The van der Waals surface area contributed by atoms with Gasteiger partial charge in [0.2, 0.25) is 12.5 Å². The third-order valence-electron chi connectivity index (χ3n) is 3.52. The van der Waals surface area contributed by atoms with Gasteiger partial charge < -0.3 is 14.8 Å². The van der Waals surface area contributed by atoms with E-state index in [2.05, 4.69) is 5.32 Å². The quantitative estimate of drug-likeness (QED) is 0.854. The zero-order chi connectivity index (χ0) is 11.7. The van der Waals surface area contributed by atoms with E-state index in [-0.39, 0.29) is 18.4 Å². The Morgan fingerprint density at radius 2 is 1.94 bits per heavy atom. The Kier molecular flexibility index (Phi) is 2.89. The van der Waals surface area contributed by atoms with Gasteiger partial charge in [0.05, 0.1) is 0 Å². The lowest BCUT2D eigenvalue weighted by Gasteiger charge is -2.22. The minimum absolute atomic E-state index is 0.134. The highest BCUT2D eigenvalue weighted by Gasteiger charge is 2.24. The molecule has 0 radical (unpaired) electrons. The number of hydrogen-bond acceptors (Lipinski definition) is 3. The lowest BCUT2D eigenvalue weighted by molar-refractivity contribution is 0.170. The fourth-order valence-electron chi connectivity index (χ4n) is 2.58. The molecule has 0 atom stereocenters. The van der Waals surface area contributed by atoms with Gasteiger partial charge >= 0.3 is 0 Å². The Labute approximate surface area is 99.9 Å². The summed E-state index contributed by atoms with van der Waals surface area (Å²) < 4.78 is 24.0. The van der Waals surface area contributed by atoms with Crippen LogP contribution in [0.5, 0.6) is 11.5 Å². The Morgan fingerprint density at radius 3 is 2.76 bits per heavy atom. The normalized spacial score (nSPS) is 19.6. The van der Waals surface area contributed by atoms with Crippen LogP contribution in [-0.4, -0.2) is 19.9 Å². The molecule has 0 unspecified atom stereocenters. The highest BCUT2D eigenvalue weighted by Crippen LogP contribution is 2.39. The number of rotatable bonds is 2. The van der Waals surface area contributed by atoms with Crippen LogP contribution in [0.4, 0.5) is 4.39 Å². The molecule has 1 aromatic carbocycles. The topological polar surface area (TPSA) is 30.5 Å². The van der Waals surface area contributed by atoms with Crippen LogP contribution in [0.15, 0.2) is 12.1 Å². The van der Waals surface area contributed by atoms with Crippen LogP contribution in [0.2, 0.25) is 0 Å². The van der Waals surface area contributed by atoms with Gasteiger partial charge in [-0.05, 0) is 49.9 Å². The second kappa shape index (κ2) is 4.53. The minimum atomic E-state index is -0.327. The second-order valence-electron chi connectivity index (χ2n) is 4.67. The molecule has 3 nitrogen and oxygen atoms in total. The SMILES string of the molecule is Fc1ccc(CC2CCNCC2)c2c1OCO2. The Bertz CT molecular complexity index is 416. The van der Waals surface area contributed by atoms with Gasteiger partial charge in [-0.3, -0.25) is 0 Å². The van der Waals surface area contributed by atoms with E-state index < -0.39 is 0 Å². The van der Waals surface area contributed by atoms with E-state index in [0.717, 1.165) is 25.1 Å². The monoisotopic (exact) mass is 237 g/mol. The molecule has 1 fully saturated rings. The minimum Gasteiger partial charge on any atom is -0.453 e. The van der Waals surface area contributed by atoms with E-state index in [1.807, 2.05) is 6.07 Å². The standard InChI is InChI=1S/C13H16FNO2/c14-11-2-1-10(12-13(11)17-8-16-12)7-9-3-5-15-6-4-9/h1-2,9,15H,3-8H2. The van der Waals surface area contributed by atoms with Crippen molar-refractivity contribution in [3.05, 3.63) is 23.5 Å². The molecule has 0 aliphatic carbocycles. The first-order valence-corrected chi connectivity index (χ1v) is 6.12. The summed E-state index contributed by atoms with van der Waals surface area (Å²) in [7, 11) is 0. The van der Waals surface area contributed by atoms with E-state index in [9.17, 15) is 4.39 Å². The molecular formula is C13H16FNO2. The first kappa shape index (κ1) is 10.8. The number of benzene rings is 1. The summed E-state index contributed by atoms with van der Waals surface area (Å²) in [6, 6.07) is 3.30. The Balaban J connectivity index is 1.81. The summed E-state index contributed by atoms with van der Waals surface area (Å²) in [5.74, 6) is 1.24. The molecule has 4 heteroatoms. The van der Waals surface area contributed by atoms with Gasteiger partial charge in [-0.1, -0.05) is 6.07 Å². The van der Waals surface area contributed by atoms with Gasteiger partial charge in [-0.15, -0.1) is 0 Å². The highest BCUT2D eigenvalue weighted by atomic mass is 19.1. The van der Waals surface area contributed by atoms with Crippen LogP contribution < -0.4 is 14.8 Å². The average Bonchev–Trinajstić information content (AvgIpc) is 2.84. The zero-order valence-corrected chi connectivity index (χ0v) is 9.67. The van der Waals surface area contributed by atoms with Crippen LogP contribution in [0, 0.1) is 11.7 Å². The maximum absolute atomic E-state index is 13.4. The van der Waals surface area contributed by atoms with Gasteiger partial charge in [0, 0.05) is 0 Å². The average molecular weight is 237 g/mol. The molecule has 1 saturated heterocycles. The molecule has 0 saturated carbocycles. The third kappa shape index (κ3) is 2.09. The fourth-order valence-corrected chi connectivity index (χ4v) is 2.58. The number of ether oxygens (including phenoxy) is 2. The van der Waals surface area contributed by atoms with Crippen molar-refractivity contribution in [2.24, 2.45) is 5.92 Å². The summed E-state index contributed by atoms with van der Waals surface area (Å²) in [6.45, 7) is 2.28. The maximum atomic E-state index is 13.4. The lowest BCUT2D eigenvalue weighted by Crippen LogP contribution is -2.28. The van der Waals surface area contributed by atoms with Crippen molar-refractivity contribution in [1.82, 2.24) is 5.32 Å². The van der Waals surface area contributed by atoms with Crippen LogP contribution in [-0.2, 0) is 6.42 Å². The summed E-state index contributed by atoms with van der Waals surface area (Å²) in [5.41, 5.74) is 1.07. The van der Waals surface area contributed by atoms with Gasteiger partial charge in [0.15, 0.2) is 11.6 Å². The van der Waals surface area contributed by atoms with E-state index in [1.54, 1.807) is 0 Å². The van der Waals surface area contributed by atoms with E-state index in [4.69, 9.17) is 9.47 Å². The van der Waals surface area contributed by atoms with Crippen LogP contribution in [0.3, 0.4) is 0 Å². The molecule has 17 heavy (non-hydrogen) atoms. The van der Waals surface area contributed by atoms with Crippen molar-refractivity contribution >= 4 is 0 Å². The van der Waals surface area contributed by atoms with Crippen molar-refractivity contribution < 1.29 is 13.9 Å². The van der Waals surface area contributed by atoms with Crippen LogP contribution in [0.1, 0.15) is 18.4 Å². The molecule has 3 rings (SSSR count). The molecule has 0 amide bonds. The number of fused-ring (bicyclic) bond motifs is 1. The molecule has 92 valence electrons. The van der Waals surface area contributed by atoms with Crippen molar-refractivity contribution in [2.45, 2.75) is 19.3 Å². The summed E-state index contributed by atoms with van der Waals surface area (Å²) in [6.07, 6.45) is 3.30. The van der Waals surface area contributed by atoms with E-state index >= 15 is 0 Å². The summed E-state index contributed by atoms with van der Waals surface area (Å²) in [5, 5.41) is 3.35.